The Hall–Kier alpha value is -4.66. The second-order valence-electron chi connectivity index (χ2n) is 8.57. The summed E-state index contributed by atoms with van der Waals surface area (Å²) in [5.41, 5.74) is -1.01. The van der Waals surface area contributed by atoms with E-state index < -0.39 is 29.9 Å². The highest BCUT2D eigenvalue weighted by Crippen LogP contribution is 2.26. The summed E-state index contributed by atoms with van der Waals surface area (Å²) in [7, 11) is 0. The van der Waals surface area contributed by atoms with Gasteiger partial charge in [-0.3, -0.25) is 19.2 Å². The fourth-order valence-electron chi connectivity index (χ4n) is 3.69. The lowest BCUT2D eigenvalue weighted by molar-refractivity contribution is -0.163. The molecule has 0 fully saturated rings. The predicted molar refractivity (Wildman–Crippen MR) is 139 cm³/mol. The molecule has 9 heteroatoms. The summed E-state index contributed by atoms with van der Waals surface area (Å²) in [6.07, 6.45) is 1.63. The van der Waals surface area contributed by atoms with Crippen LogP contribution in [0.25, 0.3) is 0 Å². The number of rotatable bonds is 13. The van der Waals surface area contributed by atoms with Crippen LogP contribution in [0.1, 0.15) is 41.3 Å². The van der Waals surface area contributed by atoms with E-state index in [0.717, 1.165) is 12.8 Å². The molecule has 0 spiro atoms. The van der Waals surface area contributed by atoms with Gasteiger partial charge in [-0.1, -0.05) is 67.9 Å². The molecule has 0 unspecified atom stereocenters. The number of esters is 1. The van der Waals surface area contributed by atoms with Gasteiger partial charge < -0.3 is 25.0 Å². The minimum atomic E-state index is -2.43. The predicted octanol–water partition coefficient (Wildman–Crippen LogP) is 4.31. The molecule has 198 valence electrons. The van der Waals surface area contributed by atoms with Gasteiger partial charge in [0.05, 0.1) is 18.6 Å². The van der Waals surface area contributed by atoms with Crippen LogP contribution in [0, 0.1) is 0 Å². The summed E-state index contributed by atoms with van der Waals surface area (Å²) in [6, 6.07) is 20.8. The van der Waals surface area contributed by atoms with Crippen molar-refractivity contribution in [2.24, 2.45) is 0 Å². The summed E-state index contributed by atoms with van der Waals surface area (Å²) in [5.74, 6) is -3.92. The van der Waals surface area contributed by atoms with Crippen molar-refractivity contribution < 1.29 is 38.9 Å². The quantitative estimate of drug-likeness (QED) is 0.172. The van der Waals surface area contributed by atoms with Gasteiger partial charge in [-0.15, -0.1) is 0 Å². The Morgan fingerprint density at radius 2 is 1.47 bits per heavy atom. The SMILES string of the molecule is CCCCOc1ccccc1C(=O)Nc1ccc(CC(=O)OCC(C(=O)O)(C(=O)O)c2ccccc2)cc1. The van der Waals surface area contributed by atoms with Crippen LogP contribution in [-0.4, -0.2) is 47.2 Å². The lowest BCUT2D eigenvalue weighted by atomic mass is 9.81. The molecular weight excluding hydrogens is 490 g/mol. The Labute approximate surface area is 220 Å². The van der Waals surface area contributed by atoms with Gasteiger partial charge in [-0.25, -0.2) is 0 Å². The van der Waals surface area contributed by atoms with Crippen molar-refractivity contribution in [3.05, 3.63) is 95.6 Å². The Morgan fingerprint density at radius 3 is 2.11 bits per heavy atom. The van der Waals surface area contributed by atoms with Crippen molar-refractivity contribution in [2.75, 3.05) is 18.5 Å². The van der Waals surface area contributed by atoms with Crippen LogP contribution in [0.3, 0.4) is 0 Å². The number of ether oxygens (including phenoxy) is 2. The monoisotopic (exact) mass is 519 g/mol. The van der Waals surface area contributed by atoms with E-state index in [1.54, 1.807) is 54.6 Å². The zero-order valence-corrected chi connectivity index (χ0v) is 20.9. The van der Waals surface area contributed by atoms with Gasteiger partial charge >= 0.3 is 17.9 Å². The molecule has 1 amide bonds. The van der Waals surface area contributed by atoms with Crippen molar-refractivity contribution in [1.29, 1.82) is 0 Å². The molecule has 3 aromatic rings. The molecule has 0 saturated carbocycles. The number of anilines is 1. The van der Waals surface area contributed by atoms with E-state index in [4.69, 9.17) is 9.47 Å². The van der Waals surface area contributed by atoms with E-state index >= 15 is 0 Å². The summed E-state index contributed by atoms with van der Waals surface area (Å²) in [6.45, 7) is 1.70. The Kier molecular flexibility index (Phi) is 9.59. The molecule has 0 bridgehead atoms. The second-order valence-corrected chi connectivity index (χ2v) is 8.57. The minimum absolute atomic E-state index is 0.00904. The zero-order chi connectivity index (χ0) is 27.5. The lowest BCUT2D eigenvalue weighted by Gasteiger charge is -2.25. The Balaban J connectivity index is 1.62. The smallest absolute Gasteiger partial charge is 0.329 e. The number of nitrogens with one attached hydrogen (secondary N) is 1. The van der Waals surface area contributed by atoms with E-state index in [9.17, 15) is 29.4 Å². The summed E-state index contributed by atoms with van der Waals surface area (Å²) >= 11 is 0. The number of carboxylic acid groups (broad SMARTS) is 2. The van der Waals surface area contributed by atoms with Crippen LogP contribution in [0.2, 0.25) is 0 Å². The number of aliphatic carboxylic acids is 2. The van der Waals surface area contributed by atoms with Gasteiger partial charge in [0.25, 0.3) is 5.91 Å². The molecule has 38 heavy (non-hydrogen) atoms. The third-order valence-electron chi connectivity index (χ3n) is 5.89. The molecule has 0 atom stereocenters. The number of para-hydroxylation sites is 1. The van der Waals surface area contributed by atoms with E-state index in [1.807, 2.05) is 0 Å². The number of carbonyl (C=O) groups is 4. The summed E-state index contributed by atoms with van der Waals surface area (Å²) < 4.78 is 10.8. The first-order chi connectivity index (χ1) is 18.3. The summed E-state index contributed by atoms with van der Waals surface area (Å²) in [5, 5.41) is 22.2. The van der Waals surface area contributed by atoms with Gasteiger partial charge in [0.2, 0.25) is 5.41 Å². The van der Waals surface area contributed by atoms with Gasteiger partial charge in [-0.05, 0) is 41.8 Å². The molecule has 9 nitrogen and oxygen atoms in total. The van der Waals surface area contributed by atoms with Gasteiger partial charge in [-0.2, -0.15) is 0 Å². The van der Waals surface area contributed by atoms with Crippen LogP contribution in [0.5, 0.6) is 5.75 Å². The van der Waals surface area contributed by atoms with Crippen molar-refractivity contribution in [1.82, 2.24) is 0 Å². The normalized spacial score (nSPS) is 10.9. The number of carbonyl (C=O) groups excluding carboxylic acids is 2. The van der Waals surface area contributed by atoms with Crippen LogP contribution in [0.4, 0.5) is 5.69 Å². The van der Waals surface area contributed by atoms with Crippen molar-refractivity contribution >= 4 is 29.5 Å². The number of unbranched alkanes of at least 4 members (excludes halogenated alkanes) is 1. The minimum Gasteiger partial charge on any atom is -0.493 e. The molecule has 3 aromatic carbocycles. The van der Waals surface area contributed by atoms with E-state index in [0.29, 0.717) is 29.2 Å². The Morgan fingerprint density at radius 1 is 0.842 bits per heavy atom. The van der Waals surface area contributed by atoms with Crippen molar-refractivity contribution in [2.45, 2.75) is 31.6 Å². The third-order valence-corrected chi connectivity index (χ3v) is 5.89. The highest BCUT2D eigenvalue weighted by Gasteiger charge is 2.50. The van der Waals surface area contributed by atoms with E-state index in [-0.39, 0.29) is 17.9 Å². The van der Waals surface area contributed by atoms with Crippen molar-refractivity contribution in [3.63, 3.8) is 0 Å². The van der Waals surface area contributed by atoms with E-state index in [1.165, 1.54) is 24.3 Å². The standard InChI is InChI=1S/C29H29NO8/c1-2-3-17-37-24-12-8-7-11-23(24)26(32)30-22-15-13-20(14-16-22)18-25(31)38-19-29(27(33)34,28(35)36)21-9-5-4-6-10-21/h4-16H,2-3,17-19H2,1H3,(H,30,32)(H,33,34)(H,35,36). The third kappa shape index (κ3) is 6.76. The molecule has 0 radical (unpaired) electrons. The molecular formula is C29H29NO8. The molecule has 3 N–H and O–H groups in total. The van der Waals surface area contributed by atoms with Gasteiger partial charge in [0.15, 0.2) is 0 Å². The molecule has 0 heterocycles. The zero-order valence-electron chi connectivity index (χ0n) is 20.9. The number of amides is 1. The maximum atomic E-state index is 12.8. The molecule has 0 aliphatic heterocycles. The van der Waals surface area contributed by atoms with Crippen molar-refractivity contribution in [3.8, 4) is 5.75 Å². The van der Waals surface area contributed by atoms with Gasteiger partial charge in [0, 0.05) is 5.69 Å². The van der Waals surface area contributed by atoms with Crippen LogP contribution < -0.4 is 10.1 Å². The average Bonchev–Trinajstić information content (AvgIpc) is 2.91. The maximum absolute atomic E-state index is 12.8. The first kappa shape index (κ1) is 27.9. The number of hydrogen-bond acceptors (Lipinski definition) is 6. The van der Waals surface area contributed by atoms with Gasteiger partial charge in [0.1, 0.15) is 12.4 Å². The molecule has 0 aromatic heterocycles. The second kappa shape index (κ2) is 13.0. The lowest BCUT2D eigenvalue weighted by Crippen LogP contribution is -2.48. The topological polar surface area (TPSA) is 139 Å². The molecule has 0 aliphatic rings. The fourth-order valence-corrected chi connectivity index (χ4v) is 3.69. The number of benzene rings is 3. The number of hydrogen-bond donors (Lipinski definition) is 3. The largest absolute Gasteiger partial charge is 0.493 e. The van der Waals surface area contributed by atoms with Crippen LogP contribution in [-0.2, 0) is 31.0 Å². The number of carboxylic acids is 2. The highest BCUT2D eigenvalue weighted by atomic mass is 16.5. The first-order valence-corrected chi connectivity index (χ1v) is 12.1. The average molecular weight is 520 g/mol. The van der Waals surface area contributed by atoms with E-state index in [2.05, 4.69) is 12.2 Å². The summed E-state index contributed by atoms with van der Waals surface area (Å²) in [4.78, 5) is 49.1. The molecule has 0 aliphatic carbocycles. The first-order valence-electron chi connectivity index (χ1n) is 12.1. The molecule has 3 rings (SSSR count). The molecule has 0 saturated heterocycles. The Bertz CT molecular complexity index is 1260. The fraction of sp³-hybridized carbons (Fsp3) is 0.241. The van der Waals surface area contributed by atoms with Crippen LogP contribution >= 0.6 is 0 Å². The highest BCUT2D eigenvalue weighted by molar-refractivity contribution is 6.06. The van der Waals surface area contributed by atoms with Crippen LogP contribution in [0.15, 0.2) is 78.9 Å². The maximum Gasteiger partial charge on any atom is 0.329 e.